The van der Waals surface area contributed by atoms with E-state index >= 15 is 0 Å². The number of anilines is 1. The van der Waals surface area contributed by atoms with Crippen LogP contribution in [0.2, 0.25) is 0 Å². The van der Waals surface area contributed by atoms with Gasteiger partial charge in [0.1, 0.15) is 11.0 Å². The first-order valence-corrected chi connectivity index (χ1v) is 10.2. The Kier molecular flexibility index (Phi) is 4.85. The van der Waals surface area contributed by atoms with E-state index in [4.69, 9.17) is 4.74 Å². The van der Waals surface area contributed by atoms with Gasteiger partial charge in [-0.15, -0.1) is 11.3 Å². The first-order valence-electron chi connectivity index (χ1n) is 7.78. The summed E-state index contributed by atoms with van der Waals surface area (Å²) in [6, 6.07) is 8.67. The van der Waals surface area contributed by atoms with Crippen LogP contribution in [0, 0.1) is 0 Å². The molecule has 130 valence electrons. The van der Waals surface area contributed by atoms with Gasteiger partial charge in [-0.05, 0) is 43.7 Å². The zero-order valence-corrected chi connectivity index (χ0v) is 15.7. The maximum atomic E-state index is 13.2. The molecule has 1 atom stereocenters. The smallest absolute Gasteiger partial charge is 0.187 e. The minimum atomic E-state index is -3.45. The number of methoxy groups -OCH3 is 1. The van der Waals surface area contributed by atoms with Crippen LogP contribution in [-0.4, -0.2) is 54.2 Å². The van der Waals surface area contributed by atoms with Crippen molar-refractivity contribution < 1.29 is 13.2 Å². The predicted molar refractivity (Wildman–Crippen MR) is 98.0 cm³/mol. The maximum Gasteiger partial charge on any atom is 0.187 e. The zero-order chi connectivity index (χ0) is 17.3. The Morgan fingerprint density at radius 1 is 1.33 bits per heavy atom. The molecule has 7 heteroatoms. The fraction of sp³-hybridized carbons (Fsp3) is 0.412. The van der Waals surface area contributed by atoms with Crippen LogP contribution in [0.4, 0.5) is 5.00 Å². The standard InChI is InChI=1S/C17H22N2O3S2/c1-18(2)8-9-19-12-16(15-7-10-23-17(15)19)24(20,21)14-6-4-5-13(11-14)22-3/h4-7,10-11,16H,8-9,12H2,1-3H3. The monoisotopic (exact) mass is 366 g/mol. The Labute approximate surface area is 147 Å². The fourth-order valence-electron chi connectivity index (χ4n) is 2.92. The molecule has 0 amide bonds. The van der Waals surface area contributed by atoms with Gasteiger partial charge in [0.15, 0.2) is 9.84 Å². The summed E-state index contributed by atoms with van der Waals surface area (Å²) in [5.74, 6) is 0.559. The number of fused-ring (bicyclic) bond motifs is 1. The molecule has 0 radical (unpaired) electrons. The van der Waals surface area contributed by atoms with E-state index in [-0.39, 0.29) is 0 Å². The lowest BCUT2D eigenvalue weighted by molar-refractivity contribution is 0.413. The lowest BCUT2D eigenvalue weighted by atomic mass is 10.3. The van der Waals surface area contributed by atoms with Crippen molar-refractivity contribution in [3.8, 4) is 5.75 Å². The molecule has 5 nitrogen and oxygen atoms in total. The average molecular weight is 367 g/mol. The van der Waals surface area contributed by atoms with Gasteiger partial charge in [-0.25, -0.2) is 8.42 Å². The van der Waals surface area contributed by atoms with Gasteiger partial charge in [-0.1, -0.05) is 6.07 Å². The van der Waals surface area contributed by atoms with Crippen molar-refractivity contribution in [2.45, 2.75) is 10.1 Å². The van der Waals surface area contributed by atoms with Crippen molar-refractivity contribution in [2.75, 3.05) is 45.7 Å². The minimum Gasteiger partial charge on any atom is -0.497 e. The van der Waals surface area contributed by atoms with Gasteiger partial charge in [0.05, 0.1) is 17.0 Å². The van der Waals surface area contributed by atoms with Crippen LogP contribution >= 0.6 is 11.3 Å². The first kappa shape index (κ1) is 17.3. The van der Waals surface area contributed by atoms with E-state index in [1.54, 1.807) is 42.7 Å². The quantitative estimate of drug-likeness (QED) is 0.787. The molecular weight excluding hydrogens is 344 g/mol. The highest BCUT2D eigenvalue weighted by Gasteiger charge is 2.39. The summed E-state index contributed by atoms with van der Waals surface area (Å²) in [5, 5.41) is 2.53. The van der Waals surface area contributed by atoms with Crippen LogP contribution in [-0.2, 0) is 9.84 Å². The molecule has 0 saturated carbocycles. The van der Waals surface area contributed by atoms with E-state index < -0.39 is 15.1 Å². The number of hydrogen-bond acceptors (Lipinski definition) is 6. The van der Waals surface area contributed by atoms with E-state index in [0.29, 0.717) is 17.2 Å². The van der Waals surface area contributed by atoms with E-state index in [1.807, 2.05) is 25.5 Å². The normalized spacial score (nSPS) is 17.3. The molecule has 1 aliphatic rings. The molecule has 2 heterocycles. The Balaban J connectivity index is 1.92. The van der Waals surface area contributed by atoms with E-state index in [0.717, 1.165) is 23.7 Å². The molecule has 0 saturated heterocycles. The molecule has 0 bridgehead atoms. The number of nitrogens with zero attached hydrogens (tertiary/aromatic N) is 2. The molecule has 0 aliphatic carbocycles. The third-order valence-electron chi connectivity index (χ3n) is 4.26. The SMILES string of the molecule is COc1cccc(S(=O)(=O)C2CN(CCN(C)C)c3sccc32)c1. The van der Waals surface area contributed by atoms with Crippen LogP contribution in [0.25, 0.3) is 0 Å². The molecule has 0 fully saturated rings. The molecule has 0 N–H and O–H groups in total. The van der Waals surface area contributed by atoms with Gasteiger partial charge in [-0.2, -0.15) is 0 Å². The van der Waals surface area contributed by atoms with Gasteiger partial charge in [0, 0.05) is 25.2 Å². The third kappa shape index (κ3) is 3.16. The first-order chi connectivity index (χ1) is 11.4. The lowest BCUT2D eigenvalue weighted by Crippen LogP contribution is -2.31. The Morgan fingerprint density at radius 2 is 2.12 bits per heavy atom. The highest BCUT2D eigenvalue weighted by molar-refractivity contribution is 7.91. The summed E-state index contributed by atoms with van der Waals surface area (Å²) >= 11 is 1.61. The van der Waals surface area contributed by atoms with E-state index in [2.05, 4.69) is 9.80 Å². The Morgan fingerprint density at radius 3 is 2.83 bits per heavy atom. The van der Waals surface area contributed by atoms with Gasteiger partial charge in [0.2, 0.25) is 0 Å². The van der Waals surface area contributed by atoms with Crippen LogP contribution in [0.3, 0.4) is 0 Å². The Hall–Kier alpha value is -1.57. The topological polar surface area (TPSA) is 49.9 Å². The second kappa shape index (κ2) is 6.74. The van der Waals surface area contributed by atoms with Crippen molar-refractivity contribution >= 4 is 26.2 Å². The van der Waals surface area contributed by atoms with E-state index in [9.17, 15) is 8.42 Å². The highest BCUT2D eigenvalue weighted by atomic mass is 32.2. The number of hydrogen-bond donors (Lipinski definition) is 0. The van der Waals surface area contributed by atoms with Gasteiger partial charge >= 0.3 is 0 Å². The van der Waals surface area contributed by atoms with Crippen molar-refractivity contribution in [3.05, 3.63) is 41.3 Å². The summed E-state index contributed by atoms with van der Waals surface area (Å²) in [4.78, 5) is 4.61. The molecule has 2 aromatic rings. The molecule has 1 aliphatic heterocycles. The third-order valence-corrected chi connectivity index (χ3v) is 7.31. The second-order valence-corrected chi connectivity index (χ2v) is 9.17. The number of rotatable bonds is 6. The molecule has 1 aromatic heterocycles. The second-order valence-electron chi connectivity index (χ2n) is 6.14. The zero-order valence-electron chi connectivity index (χ0n) is 14.1. The van der Waals surface area contributed by atoms with Crippen LogP contribution in [0.5, 0.6) is 5.75 Å². The predicted octanol–water partition coefficient (Wildman–Crippen LogP) is 2.65. The van der Waals surface area contributed by atoms with Crippen molar-refractivity contribution in [2.24, 2.45) is 0 Å². The summed E-state index contributed by atoms with van der Waals surface area (Å²) in [7, 11) is 2.14. The fourth-order valence-corrected chi connectivity index (χ4v) is 5.77. The van der Waals surface area contributed by atoms with Crippen molar-refractivity contribution in [1.29, 1.82) is 0 Å². The number of thiophene rings is 1. The summed E-state index contributed by atoms with van der Waals surface area (Å²) in [5.41, 5.74) is 0.918. The highest BCUT2D eigenvalue weighted by Crippen LogP contribution is 2.45. The van der Waals surface area contributed by atoms with Gasteiger partial charge in [-0.3, -0.25) is 0 Å². The number of benzene rings is 1. The number of ether oxygens (including phenoxy) is 1. The van der Waals surface area contributed by atoms with Crippen LogP contribution in [0.15, 0.2) is 40.6 Å². The lowest BCUT2D eigenvalue weighted by Gasteiger charge is -2.21. The summed E-state index contributed by atoms with van der Waals surface area (Å²) in [6.45, 7) is 2.23. The molecule has 1 aromatic carbocycles. The van der Waals surface area contributed by atoms with Crippen molar-refractivity contribution in [1.82, 2.24) is 4.90 Å². The largest absolute Gasteiger partial charge is 0.497 e. The van der Waals surface area contributed by atoms with Crippen LogP contribution in [0.1, 0.15) is 10.8 Å². The van der Waals surface area contributed by atoms with Crippen molar-refractivity contribution in [3.63, 3.8) is 0 Å². The Bertz CT molecular complexity index is 815. The average Bonchev–Trinajstić information content (AvgIpc) is 3.15. The van der Waals surface area contributed by atoms with E-state index in [1.165, 1.54) is 0 Å². The molecule has 3 rings (SSSR count). The number of likely N-dealkylation sites (N-methyl/N-ethyl adjacent to an activating group) is 1. The van der Waals surface area contributed by atoms with Gasteiger partial charge < -0.3 is 14.5 Å². The molecule has 0 spiro atoms. The molecule has 1 unspecified atom stereocenters. The summed E-state index contributed by atoms with van der Waals surface area (Å²) < 4.78 is 31.5. The summed E-state index contributed by atoms with van der Waals surface area (Å²) in [6.07, 6.45) is 0. The van der Waals surface area contributed by atoms with Gasteiger partial charge in [0.25, 0.3) is 0 Å². The molecule has 24 heavy (non-hydrogen) atoms. The maximum absolute atomic E-state index is 13.2. The molecular formula is C17H22N2O3S2. The van der Waals surface area contributed by atoms with Crippen LogP contribution < -0.4 is 9.64 Å². The number of sulfone groups is 1. The minimum absolute atomic E-state index is 0.318.